The maximum absolute atomic E-state index is 5.49. The molecule has 1 atom stereocenters. The first kappa shape index (κ1) is 13.5. The molecule has 1 unspecified atom stereocenters. The van der Waals surface area contributed by atoms with Gasteiger partial charge in [0.1, 0.15) is 16.5 Å². The lowest BCUT2D eigenvalue weighted by molar-refractivity contribution is 0.713. The fourth-order valence-electron chi connectivity index (χ4n) is 2.75. The van der Waals surface area contributed by atoms with Gasteiger partial charge in [-0.05, 0) is 6.04 Å². The molecule has 88 valence electrons. The summed E-state index contributed by atoms with van der Waals surface area (Å²) < 4.78 is 2.65. The third kappa shape index (κ3) is 2.41. The van der Waals surface area contributed by atoms with Crippen LogP contribution in [0.15, 0.2) is 0 Å². The van der Waals surface area contributed by atoms with Gasteiger partial charge in [0, 0.05) is 12.1 Å². The Bertz CT molecular complexity index is 357. The van der Waals surface area contributed by atoms with Crippen LogP contribution in [0.25, 0.3) is 0 Å². The fraction of sp³-hybridized carbons (Fsp3) is 0.667. The summed E-state index contributed by atoms with van der Waals surface area (Å²) in [5.41, 5.74) is 6.01. The molecule has 1 fully saturated rings. The van der Waals surface area contributed by atoms with E-state index in [0.29, 0.717) is 12.1 Å². The number of nitrogens with zero attached hydrogens (tertiary/aromatic N) is 1. The van der Waals surface area contributed by atoms with E-state index in [9.17, 15) is 0 Å². The molecule has 2 nitrogen and oxygen atoms in total. The number of rotatable bonds is 1. The molecule has 4 heteroatoms. The first-order valence-electron chi connectivity index (χ1n) is 5.76. The minimum Gasteiger partial charge on any atom is -0.334 e. The van der Waals surface area contributed by atoms with Crippen molar-refractivity contribution in [1.29, 1.82) is 0 Å². The van der Waals surface area contributed by atoms with E-state index in [1.165, 1.54) is 6.04 Å². The van der Waals surface area contributed by atoms with E-state index in [4.69, 9.17) is 12.2 Å². The van der Waals surface area contributed by atoms with E-state index in [0.717, 1.165) is 6.54 Å². The van der Waals surface area contributed by atoms with Gasteiger partial charge in [0.05, 0.1) is 6.54 Å². The van der Waals surface area contributed by atoms with Crippen LogP contribution in [-0.4, -0.2) is 33.8 Å². The second kappa shape index (κ2) is 4.77. The molecule has 1 heterocycles. The first-order valence-corrected chi connectivity index (χ1v) is 11.9. The van der Waals surface area contributed by atoms with Crippen LogP contribution in [0, 0.1) is 24.2 Å². The summed E-state index contributed by atoms with van der Waals surface area (Å²) in [6, 6.07) is 1.25. The molecule has 16 heavy (non-hydrogen) atoms. The Hall–Kier alpha value is -0.526. The molecule has 0 aromatic carbocycles. The van der Waals surface area contributed by atoms with Crippen LogP contribution in [0.5, 0.6) is 0 Å². The summed E-state index contributed by atoms with van der Waals surface area (Å²) in [6.45, 7) is 10.9. The smallest absolute Gasteiger partial charge is 0.131 e. The Morgan fingerprint density at radius 2 is 2.00 bits per heavy atom. The average Bonchev–Trinajstić information content (AvgIpc) is 2.35. The molecule has 0 radical (unpaired) electrons. The third-order valence-electron chi connectivity index (χ3n) is 3.61. The van der Waals surface area contributed by atoms with Crippen LogP contribution in [-0.2, 0) is 0 Å². The van der Waals surface area contributed by atoms with Crippen LogP contribution >= 0.6 is 0 Å². The minimum absolute atomic E-state index is 0.470. The molecule has 1 saturated heterocycles. The lowest BCUT2D eigenvalue weighted by Gasteiger charge is -2.37. The van der Waals surface area contributed by atoms with E-state index < -0.39 is 16.5 Å². The highest BCUT2D eigenvalue weighted by Gasteiger charge is 2.52. The van der Waals surface area contributed by atoms with E-state index in [-0.39, 0.29) is 0 Å². The van der Waals surface area contributed by atoms with Crippen LogP contribution in [0.3, 0.4) is 0 Å². The lowest BCUT2D eigenvalue weighted by atomic mass is 10.4. The lowest BCUT2D eigenvalue weighted by Crippen LogP contribution is -2.55. The normalized spacial score (nSPS) is 26.9. The van der Waals surface area contributed by atoms with Gasteiger partial charge in [-0.25, -0.2) is 0 Å². The van der Waals surface area contributed by atoms with E-state index in [2.05, 4.69) is 48.2 Å². The molecular formula is C12H22N2Si2. The zero-order chi connectivity index (χ0) is 12.4. The second-order valence-electron chi connectivity index (χ2n) is 5.54. The van der Waals surface area contributed by atoms with Gasteiger partial charge in [-0.2, -0.15) is 0 Å². The first-order chi connectivity index (χ1) is 7.36. The monoisotopic (exact) mass is 250 g/mol. The molecule has 1 aliphatic heterocycles. The standard InChI is InChI=1S/C12H22N2Si2/c1-6-10-14-15(2,3)11-12(8-7-9-13)16(14,4)5/h1,12H,9-11,13H2,2-5H3. The number of hydrogen-bond acceptors (Lipinski definition) is 2. The molecule has 0 aliphatic carbocycles. The minimum atomic E-state index is -1.47. The topological polar surface area (TPSA) is 29.3 Å². The predicted octanol–water partition coefficient (Wildman–Crippen LogP) is 1.68. The van der Waals surface area contributed by atoms with Gasteiger partial charge < -0.3 is 9.96 Å². The quantitative estimate of drug-likeness (QED) is 0.567. The summed E-state index contributed by atoms with van der Waals surface area (Å²) in [4.78, 5) is 0. The van der Waals surface area contributed by atoms with Gasteiger partial charge in [0.25, 0.3) is 0 Å². The van der Waals surface area contributed by atoms with Crippen molar-refractivity contribution in [3.05, 3.63) is 0 Å². The van der Waals surface area contributed by atoms with Gasteiger partial charge in [0.15, 0.2) is 0 Å². The van der Waals surface area contributed by atoms with E-state index >= 15 is 0 Å². The van der Waals surface area contributed by atoms with Crippen molar-refractivity contribution >= 4 is 16.5 Å². The van der Waals surface area contributed by atoms with Crippen molar-refractivity contribution in [2.75, 3.05) is 13.1 Å². The van der Waals surface area contributed by atoms with Crippen LogP contribution in [0.2, 0.25) is 37.8 Å². The average molecular weight is 250 g/mol. The summed E-state index contributed by atoms with van der Waals surface area (Å²) in [5, 5.41) is 0. The Balaban J connectivity index is 3.00. The largest absolute Gasteiger partial charge is 0.334 e. The Morgan fingerprint density at radius 1 is 1.38 bits per heavy atom. The summed E-state index contributed by atoms with van der Waals surface area (Å²) in [5.74, 6) is 9.25. The van der Waals surface area contributed by atoms with Crippen molar-refractivity contribution in [2.24, 2.45) is 5.73 Å². The van der Waals surface area contributed by atoms with Crippen molar-refractivity contribution in [2.45, 2.75) is 37.8 Å². The predicted molar refractivity (Wildman–Crippen MR) is 75.9 cm³/mol. The Labute approximate surface area is 102 Å². The summed E-state index contributed by atoms with van der Waals surface area (Å²) in [6.07, 6.45) is 5.49. The molecule has 0 aromatic heterocycles. The third-order valence-corrected chi connectivity index (χ3v) is 14.2. The van der Waals surface area contributed by atoms with Crippen molar-refractivity contribution in [3.8, 4) is 24.2 Å². The highest BCUT2D eigenvalue weighted by atomic mass is 28.4. The maximum atomic E-state index is 5.49. The summed E-state index contributed by atoms with van der Waals surface area (Å²) in [7, 11) is -2.80. The molecule has 2 N–H and O–H groups in total. The fourth-order valence-corrected chi connectivity index (χ4v) is 16.4. The van der Waals surface area contributed by atoms with Crippen LogP contribution in [0.4, 0.5) is 0 Å². The molecule has 0 amide bonds. The van der Waals surface area contributed by atoms with Gasteiger partial charge >= 0.3 is 0 Å². The van der Waals surface area contributed by atoms with Crippen LogP contribution < -0.4 is 5.73 Å². The van der Waals surface area contributed by atoms with Gasteiger partial charge in [-0.15, -0.1) is 12.3 Å². The Morgan fingerprint density at radius 3 is 2.50 bits per heavy atom. The van der Waals surface area contributed by atoms with E-state index in [1.54, 1.807) is 0 Å². The molecule has 0 saturated carbocycles. The zero-order valence-electron chi connectivity index (χ0n) is 10.8. The highest BCUT2D eigenvalue weighted by molar-refractivity contribution is 6.96. The van der Waals surface area contributed by atoms with Gasteiger partial charge in [0.2, 0.25) is 0 Å². The zero-order valence-corrected chi connectivity index (χ0v) is 12.8. The molecule has 1 aliphatic rings. The van der Waals surface area contributed by atoms with Crippen molar-refractivity contribution in [1.82, 2.24) is 4.23 Å². The second-order valence-corrected chi connectivity index (χ2v) is 15.1. The van der Waals surface area contributed by atoms with E-state index in [1.807, 2.05) is 0 Å². The molecular weight excluding hydrogens is 228 g/mol. The number of hydrogen-bond donors (Lipinski definition) is 1. The van der Waals surface area contributed by atoms with Gasteiger partial charge in [-0.1, -0.05) is 38.0 Å². The maximum Gasteiger partial charge on any atom is 0.131 e. The summed E-state index contributed by atoms with van der Waals surface area (Å²) >= 11 is 0. The van der Waals surface area contributed by atoms with Crippen molar-refractivity contribution < 1.29 is 0 Å². The highest BCUT2D eigenvalue weighted by Crippen LogP contribution is 2.43. The van der Waals surface area contributed by atoms with Crippen LogP contribution in [0.1, 0.15) is 0 Å². The molecule has 1 rings (SSSR count). The molecule has 0 bridgehead atoms. The van der Waals surface area contributed by atoms with Crippen molar-refractivity contribution in [3.63, 3.8) is 0 Å². The molecule has 0 spiro atoms. The Kier molecular flexibility index (Phi) is 4.03. The molecule has 0 aromatic rings. The number of terminal acetylenes is 1. The SMILES string of the molecule is C#CCN1[Si](C)(C)CC(C#CCN)[Si]1(C)C. The number of nitrogens with two attached hydrogens (primary N) is 1. The van der Waals surface area contributed by atoms with Gasteiger partial charge in [-0.3, -0.25) is 0 Å².